The molecule has 6 heteroatoms. The van der Waals surface area contributed by atoms with Crippen molar-refractivity contribution in [2.45, 2.75) is 26.4 Å². The van der Waals surface area contributed by atoms with Gasteiger partial charge in [0.1, 0.15) is 5.75 Å². The molecule has 1 saturated heterocycles. The Kier molecular flexibility index (Phi) is 5.61. The van der Waals surface area contributed by atoms with E-state index >= 15 is 0 Å². The zero-order valence-electron chi connectivity index (χ0n) is 15.3. The minimum Gasteiger partial charge on any atom is -0.491 e. The number of carbonyl (C=O) groups is 2. The van der Waals surface area contributed by atoms with Gasteiger partial charge < -0.3 is 19.5 Å². The Morgan fingerprint density at radius 1 is 1.04 bits per heavy atom. The van der Waals surface area contributed by atoms with Crippen molar-refractivity contribution in [1.82, 2.24) is 14.8 Å². The summed E-state index contributed by atoms with van der Waals surface area (Å²) >= 11 is 0. The number of piperazine rings is 1. The van der Waals surface area contributed by atoms with Crippen molar-refractivity contribution in [2.75, 3.05) is 26.2 Å². The lowest BCUT2D eigenvalue weighted by atomic mass is 10.1. The summed E-state index contributed by atoms with van der Waals surface area (Å²) in [5.74, 6) is 0.920. The van der Waals surface area contributed by atoms with Crippen LogP contribution in [0.4, 0.5) is 0 Å². The zero-order chi connectivity index (χ0) is 18.5. The predicted molar refractivity (Wildman–Crippen MR) is 99.2 cm³/mol. The highest BCUT2D eigenvalue weighted by Crippen LogP contribution is 2.15. The van der Waals surface area contributed by atoms with E-state index in [0.29, 0.717) is 38.2 Å². The number of nitrogens with zero attached hydrogens (tertiary/aromatic N) is 2. The minimum absolute atomic E-state index is 0.0130. The molecule has 2 heterocycles. The number of ether oxygens (including phenoxy) is 1. The molecule has 0 spiro atoms. The van der Waals surface area contributed by atoms with Crippen LogP contribution in [0.15, 0.2) is 42.7 Å². The van der Waals surface area contributed by atoms with Crippen LogP contribution in [-0.4, -0.2) is 58.9 Å². The summed E-state index contributed by atoms with van der Waals surface area (Å²) < 4.78 is 5.62. The van der Waals surface area contributed by atoms with Gasteiger partial charge in [-0.25, -0.2) is 0 Å². The van der Waals surface area contributed by atoms with Gasteiger partial charge in [0.15, 0.2) is 0 Å². The van der Waals surface area contributed by atoms with Gasteiger partial charge >= 0.3 is 0 Å². The van der Waals surface area contributed by atoms with E-state index in [9.17, 15) is 9.59 Å². The molecule has 1 N–H and O–H groups in total. The smallest absolute Gasteiger partial charge is 0.255 e. The summed E-state index contributed by atoms with van der Waals surface area (Å²) in [7, 11) is 0. The number of hydrogen-bond donors (Lipinski definition) is 1. The van der Waals surface area contributed by atoms with Crippen LogP contribution in [0.25, 0.3) is 0 Å². The van der Waals surface area contributed by atoms with Crippen LogP contribution in [0, 0.1) is 0 Å². The molecule has 0 saturated carbocycles. The molecule has 1 aromatic heterocycles. The molecule has 138 valence electrons. The van der Waals surface area contributed by atoms with E-state index in [4.69, 9.17) is 4.74 Å². The molecule has 0 aliphatic carbocycles. The maximum Gasteiger partial charge on any atom is 0.255 e. The van der Waals surface area contributed by atoms with Gasteiger partial charge in [-0.2, -0.15) is 0 Å². The van der Waals surface area contributed by atoms with Gasteiger partial charge in [0.2, 0.25) is 5.91 Å². The van der Waals surface area contributed by atoms with Gasteiger partial charge in [0.25, 0.3) is 5.91 Å². The van der Waals surface area contributed by atoms with Crippen molar-refractivity contribution in [1.29, 1.82) is 0 Å². The van der Waals surface area contributed by atoms with Crippen LogP contribution >= 0.6 is 0 Å². The van der Waals surface area contributed by atoms with Crippen molar-refractivity contribution < 1.29 is 14.3 Å². The van der Waals surface area contributed by atoms with Gasteiger partial charge in [-0.15, -0.1) is 0 Å². The summed E-state index contributed by atoms with van der Waals surface area (Å²) in [6.45, 7) is 6.25. The molecular weight excluding hydrogens is 330 g/mol. The van der Waals surface area contributed by atoms with E-state index in [0.717, 1.165) is 11.3 Å². The summed E-state index contributed by atoms with van der Waals surface area (Å²) in [5, 5.41) is 0. The third kappa shape index (κ3) is 4.45. The second-order valence-corrected chi connectivity index (χ2v) is 6.76. The number of aromatic nitrogens is 1. The average Bonchev–Trinajstić information content (AvgIpc) is 3.17. The van der Waals surface area contributed by atoms with Crippen LogP contribution < -0.4 is 4.74 Å². The molecule has 26 heavy (non-hydrogen) atoms. The Bertz CT molecular complexity index is 730. The number of rotatable bonds is 5. The Hall–Kier alpha value is -2.76. The maximum absolute atomic E-state index is 12.5. The first-order valence-electron chi connectivity index (χ1n) is 8.98. The Balaban J connectivity index is 1.50. The van der Waals surface area contributed by atoms with E-state index < -0.39 is 0 Å². The van der Waals surface area contributed by atoms with Crippen LogP contribution in [-0.2, 0) is 11.2 Å². The number of amides is 2. The molecule has 0 atom stereocenters. The molecule has 1 aliphatic heterocycles. The molecule has 2 aromatic rings. The van der Waals surface area contributed by atoms with Crippen LogP contribution in [0.1, 0.15) is 29.8 Å². The van der Waals surface area contributed by atoms with Gasteiger partial charge in [0, 0.05) is 38.6 Å². The quantitative estimate of drug-likeness (QED) is 0.895. The van der Waals surface area contributed by atoms with E-state index in [1.807, 2.05) is 43.0 Å². The fraction of sp³-hybridized carbons (Fsp3) is 0.400. The third-order valence-electron chi connectivity index (χ3n) is 4.41. The fourth-order valence-corrected chi connectivity index (χ4v) is 3.04. The lowest BCUT2D eigenvalue weighted by Crippen LogP contribution is -2.50. The predicted octanol–water partition coefficient (Wildman–Crippen LogP) is 2.33. The Morgan fingerprint density at radius 2 is 1.69 bits per heavy atom. The largest absolute Gasteiger partial charge is 0.491 e. The zero-order valence-corrected chi connectivity index (χ0v) is 15.3. The lowest BCUT2D eigenvalue weighted by molar-refractivity contribution is -0.131. The average molecular weight is 355 g/mol. The highest BCUT2D eigenvalue weighted by Gasteiger charge is 2.25. The molecule has 6 nitrogen and oxygen atoms in total. The normalized spacial score (nSPS) is 14.6. The molecule has 2 amide bonds. The fourth-order valence-electron chi connectivity index (χ4n) is 3.04. The number of benzene rings is 1. The Morgan fingerprint density at radius 3 is 2.27 bits per heavy atom. The monoisotopic (exact) mass is 355 g/mol. The minimum atomic E-state index is 0.0130. The van der Waals surface area contributed by atoms with E-state index in [1.165, 1.54) is 0 Å². The second kappa shape index (κ2) is 8.08. The van der Waals surface area contributed by atoms with Crippen LogP contribution in [0.3, 0.4) is 0 Å². The van der Waals surface area contributed by atoms with E-state index in [1.54, 1.807) is 23.4 Å². The summed E-state index contributed by atoms with van der Waals surface area (Å²) in [5.41, 5.74) is 1.63. The summed E-state index contributed by atoms with van der Waals surface area (Å²) in [6, 6.07) is 9.43. The first kappa shape index (κ1) is 18.0. The number of nitrogens with one attached hydrogen (secondary N) is 1. The molecule has 1 fully saturated rings. The molecule has 1 aromatic carbocycles. The molecular formula is C20H25N3O3. The van der Waals surface area contributed by atoms with Gasteiger partial charge in [-0.3, -0.25) is 9.59 Å². The number of aromatic amines is 1. The molecule has 0 unspecified atom stereocenters. The van der Waals surface area contributed by atoms with E-state index in [2.05, 4.69) is 4.98 Å². The topological polar surface area (TPSA) is 65.6 Å². The van der Waals surface area contributed by atoms with E-state index in [-0.39, 0.29) is 17.9 Å². The Labute approximate surface area is 153 Å². The number of hydrogen-bond acceptors (Lipinski definition) is 3. The van der Waals surface area contributed by atoms with Crippen molar-refractivity contribution in [3.05, 3.63) is 53.9 Å². The number of carbonyl (C=O) groups excluding carboxylic acids is 2. The summed E-state index contributed by atoms with van der Waals surface area (Å²) in [6.07, 6.45) is 3.94. The van der Waals surface area contributed by atoms with Crippen molar-refractivity contribution in [3.63, 3.8) is 0 Å². The van der Waals surface area contributed by atoms with Crippen molar-refractivity contribution in [3.8, 4) is 5.75 Å². The summed E-state index contributed by atoms with van der Waals surface area (Å²) in [4.78, 5) is 31.4. The second-order valence-electron chi connectivity index (χ2n) is 6.76. The highest BCUT2D eigenvalue weighted by molar-refractivity contribution is 5.94. The molecule has 1 aliphatic rings. The standard InChI is InChI=1S/C20H25N3O3/c1-15(2)26-18-5-3-16(4-6-18)13-19(24)22-9-11-23(12-10-22)20(25)17-7-8-21-14-17/h3-8,14-15,21H,9-13H2,1-2H3. The van der Waals surface area contributed by atoms with Crippen LogP contribution in [0.2, 0.25) is 0 Å². The first-order chi connectivity index (χ1) is 12.5. The first-order valence-corrected chi connectivity index (χ1v) is 8.98. The number of H-pyrrole nitrogens is 1. The third-order valence-corrected chi connectivity index (χ3v) is 4.41. The van der Waals surface area contributed by atoms with Crippen molar-refractivity contribution in [2.24, 2.45) is 0 Å². The van der Waals surface area contributed by atoms with Gasteiger partial charge in [0.05, 0.1) is 18.1 Å². The SMILES string of the molecule is CC(C)Oc1ccc(CC(=O)N2CCN(C(=O)c3cc[nH]c3)CC2)cc1. The molecule has 0 radical (unpaired) electrons. The molecule has 3 rings (SSSR count). The highest BCUT2D eigenvalue weighted by atomic mass is 16.5. The maximum atomic E-state index is 12.5. The van der Waals surface area contributed by atoms with Crippen LogP contribution in [0.5, 0.6) is 5.75 Å². The van der Waals surface area contributed by atoms with Gasteiger partial charge in [-0.1, -0.05) is 12.1 Å². The van der Waals surface area contributed by atoms with Crippen molar-refractivity contribution >= 4 is 11.8 Å². The molecule has 0 bridgehead atoms. The lowest BCUT2D eigenvalue weighted by Gasteiger charge is -2.34. The van der Waals surface area contributed by atoms with Gasteiger partial charge in [-0.05, 0) is 37.6 Å².